The van der Waals surface area contributed by atoms with Crippen molar-refractivity contribution in [2.75, 3.05) is 11.2 Å². The first-order valence-electron chi connectivity index (χ1n) is 7.19. The van der Waals surface area contributed by atoms with Gasteiger partial charge in [0, 0.05) is 22.1 Å². The Balaban J connectivity index is 1.91. The average Bonchev–Trinajstić information content (AvgIpc) is 2.94. The fourth-order valence-electron chi connectivity index (χ4n) is 2.27. The second kappa shape index (κ2) is 6.66. The van der Waals surface area contributed by atoms with Gasteiger partial charge in [0.05, 0.1) is 4.90 Å². The molecule has 8 heteroatoms. The van der Waals surface area contributed by atoms with Crippen molar-refractivity contribution in [3.63, 3.8) is 0 Å². The van der Waals surface area contributed by atoms with Crippen molar-refractivity contribution in [3.8, 4) is 0 Å². The van der Waals surface area contributed by atoms with Crippen LogP contribution < -0.4 is 5.32 Å². The summed E-state index contributed by atoms with van der Waals surface area (Å²) in [5.41, 5.74) is 2.16. The highest BCUT2D eigenvalue weighted by Gasteiger charge is 2.16. The van der Waals surface area contributed by atoms with Crippen LogP contribution in [0.4, 0.5) is 10.1 Å². The lowest BCUT2D eigenvalue weighted by atomic mass is 10.2. The van der Waals surface area contributed by atoms with E-state index in [1.807, 2.05) is 18.4 Å². The average molecular weight is 385 g/mol. The Morgan fingerprint density at radius 2 is 2.00 bits per heavy atom. The summed E-state index contributed by atoms with van der Waals surface area (Å²) in [5.74, 6) is -0.771. The zero-order valence-corrected chi connectivity index (χ0v) is 15.1. The van der Waals surface area contributed by atoms with Crippen molar-refractivity contribution in [3.05, 3.63) is 51.6 Å². The summed E-state index contributed by atoms with van der Waals surface area (Å²) in [7, 11) is -3.58. The van der Waals surface area contributed by atoms with E-state index in [2.05, 4.69) is 10.3 Å². The van der Waals surface area contributed by atoms with Crippen molar-refractivity contribution in [1.29, 1.82) is 0 Å². The summed E-state index contributed by atoms with van der Waals surface area (Å²) in [6, 6.07) is 6.60. The second-order valence-electron chi connectivity index (χ2n) is 5.18. The molecule has 3 aromatic rings. The van der Waals surface area contributed by atoms with Crippen molar-refractivity contribution < 1.29 is 12.8 Å². The molecule has 0 bridgehead atoms. The number of sulfone groups is 1. The second-order valence-corrected chi connectivity index (χ2v) is 8.65. The molecule has 4 nitrogen and oxygen atoms in total. The monoisotopic (exact) mass is 384 g/mol. The van der Waals surface area contributed by atoms with Crippen molar-refractivity contribution in [2.45, 2.75) is 18.2 Å². The number of hydrogen-bond donors (Lipinski definition) is 1. The number of aryl methyl sites for hydroxylation is 1. The van der Waals surface area contributed by atoms with Crippen molar-refractivity contribution in [2.24, 2.45) is 0 Å². The highest BCUT2D eigenvalue weighted by molar-refractivity contribution is 7.91. The molecule has 0 saturated heterocycles. The summed E-state index contributed by atoms with van der Waals surface area (Å²) in [5, 5.41) is 5.59. The summed E-state index contributed by atoms with van der Waals surface area (Å²) in [4.78, 5) is 4.54. The van der Waals surface area contributed by atoms with Crippen LogP contribution in [0.2, 0.25) is 4.34 Å². The van der Waals surface area contributed by atoms with Crippen LogP contribution in [-0.2, 0) is 16.3 Å². The largest absolute Gasteiger partial charge is 0.371 e. The zero-order valence-electron chi connectivity index (χ0n) is 12.7. The highest BCUT2D eigenvalue weighted by Crippen LogP contribution is 2.34. The molecular formula is C16H14ClFN2O2S2. The summed E-state index contributed by atoms with van der Waals surface area (Å²) in [6.45, 7) is 1.97. The Morgan fingerprint density at radius 3 is 2.67 bits per heavy atom. The van der Waals surface area contributed by atoms with E-state index in [9.17, 15) is 12.8 Å². The van der Waals surface area contributed by atoms with Crippen LogP contribution in [0, 0.1) is 5.82 Å². The fourth-order valence-corrected chi connectivity index (χ4v) is 4.34. The predicted octanol–water partition coefficient (Wildman–Crippen LogP) is 4.49. The Labute approximate surface area is 148 Å². The van der Waals surface area contributed by atoms with E-state index in [1.165, 1.54) is 23.5 Å². The third-order valence-electron chi connectivity index (χ3n) is 3.57. The highest BCUT2D eigenvalue weighted by atomic mass is 35.5. The number of hydrogen-bond acceptors (Lipinski definition) is 5. The summed E-state index contributed by atoms with van der Waals surface area (Å²) >= 11 is 7.50. The zero-order chi connectivity index (χ0) is 17.3. The number of thiophene rings is 1. The van der Waals surface area contributed by atoms with E-state index in [4.69, 9.17) is 11.6 Å². The van der Waals surface area contributed by atoms with E-state index in [0.29, 0.717) is 22.0 Å². The third kappa shape index (κ3) is 3.38. The van der Waals surface area contributed by atoms with Crippen LogP contribution in [0.15, 0.2) is 40.6 Å². The van der Waals surface area contributed by atoms with Crippen LogP contribution in [0.25, 0.3) is 10.9 Å². The van der Waals surface area contributed by atoms with E-state index in [-0.39, 0.29) is 10.8 Å². The maximum atomic E-state index is 13.0. The smallest absolute Gasteiger partial charge is 0.196 e. The minimum atomic E-state index is -3.58. The molecule has 0 atom stereocenters. The molecule has 1 aromatic carbocycles. The van der Waals surface area contributed by atoms with Crippen LogP contribution in [0.1, 0.15) is 12.6 Å². The lowest BCUT2D eigenvalue weighted by Gasteiger charge is -2.10. The van der Waals surface area contributed by atoms with E-state index in [1.54, 1.807) is 0 Å². The number of anilines is 1. The molecule has 24 heavy (non-hydrogen) atoms. The van der Waals surface area contributed by atoms with Gasteiger partial charge in [-0.3, -0.25) is 4.98 Å². The van der Waals surface area contributed by atoms with Gasteiger partial charge in [0.25, 0.3) is 0 Å². The van der Waals surface area contributed by atoms with Crippen LogP contribution in [-0.4, -0.2) is 19.3 Å². The van der Waals surface area contributed by atoms with Gasteiger partial charge < -0.3 is 5.32 Å². The van der Waals surface area contributed by atoms with Gasteiger partial charge >= 0.3 is 0 Å². The topological polar surface area (TPSA) is 59.1 Å². The van der Waals surface area contributed by atoms with Gasteiger partial charge in [-0.1, -0.05) is 18.5 Å². The Kier molecular flexibility index (Phi) is 4.76. The van der Waals surface area contributed by atoms with Gasteiger partial charge in [-0.25, -0.2) is 12.8 Å². The van der Waals surface area contributed by atoms with E-state index < -0.39 is 15.7 Å². The number of nitrogens with zero attached hydrogens (tertiary/aromatic N) is 1. The first-order valence-corrected chi connectivity index (χ1v) is 10.1. The van der Waals surface area contributed by atoms with Gasteiger partial charge in [-0.15, -0.1) is 11.3 Å². The SMILES string of the molecule is CCc1cc(NCS(=O)(=O)c2ccc(F)cc2)c2csc(Cl)c2n1. The first-order chi connectivity index (χ1) is 11.4. The Morgan fingerprint density at radius 1 is 1.29 bits per heavy atom. The molecular weight excluding hydrogens is 371 g/mol. The molecule has 0 radical (unpaired) electrons. The minimum absolute atomic E-state index is 0.0702. The molecule has 0 unspecified atom stereocenters. The molecule has 2 aromatic heterocycles. The molecule has 0 saturated carbocycles. The lowest BCUT2D eigenvalue weighted by Crippen LogP contribution is -2.15. The number of fused-ring (bicyclic) bond motifs is 1. The number of rotatable bonds is 5. The fraction of sp³-hybridized carbons (Fsp3) is 0.188. The molecule has 2 heterocycles. The quantitative estimate of drug-likeness (QED) is 0.658. The lowest BCUT2D eigenvalue weighted by molar-refractivity contribution is 0.596. The number of pyridine rings is 1. The Bertz CT molecular complexity index is 985. The molecule has 126 valence electrons. The summed E-state index contributed by atoms with van der Waals surface area (Å²) < 4.78 is 38.3. The normalized spacial score (nSPS) is 11.8. The number of benzene rings is 1. The minimum Gasteiger partial charge on any atom is -0.371 e. The number of nitrogens with one attached hydrogen (secondary N) is 1. The Hall–Kier alpha value is -1.70. The number of halogens is 2. The van der Waals surface area contributed by atoms with Gasteiger partial charge in [-0.2, -0.15) is 0 Å². The van der Waals surface area contributed by atoms with Crippen LogP contribution >= 0.6 is 22.9 Å². The third-order valence-corrected chi connectivity index (χ3v) is 6.28. The predicted molar refractivity (Wildman–Crippen MR) is 96.1 cm³/mol. The molecule has 0 aliphatic heterocycles. The van der Waals surface area contributed by atoms with Crippen molar-refractivity contribution in [1.82, 2.24) is 4.98 Å². The molecule has 0 fully saturated rings. The molecule has 0 aliphatic rings. The molecule has 0 aliphatic carbocycles. The van der Waals surface area contributed by atoms with E-state index in [0.717, 1.165) is 23.2 Å². The maximum Gasteiger partial charge on any atom is 0.196 e. The molecule has 3 rings (SSSR count). The standard InChI is InChI=1S/C16H14ClFN2O2S2/c1-2-11-7-14(13-8-23-16(17)15(13)20-11)19-9-24(21,22)12-5-3-10(18)4-6-12/h3-8,19H,2,9H2,1H3. The van der Waals surface area contributed by atoms with Crippen molar-refractivity contribution >= 4 is 49.4 Å². The van der Waals surface area contributed by atoms with Gasteiger partial charge in [0.2, 0.25) is 0 Å². The van der Waals surface area contributed by atoms with Crippen LogP contribution in [0.3, 0.4) is 0 Å². The summed E-state index contributed by atoms with van der Waals surface area (Å²) in [6.07, 6.45) is 0.710. The molecule has 0 spiro atoms. The molecule has 0 amide bonds. The molecule has 1 N–H and O–H groups in total. The van der Waals surface area contributed by atoms with Gasteiger partial charge in [-0.05, 0) is 36.8 Å². The van der Waals surface area contributed by atoms with Gasteiger partial charge in [0.1, 0.15) is 21.5 Å². The maximum absolute atomic E-state index is 13.0. The van der Waals surface area contributed by atoms with E-state index >= 15 is 0 Å². The van der Waals surface area contributed by atoms with Gasteiger partial charge in [0.15, 0.2) is 9.84 Å². The number of aromatic nitrogens is 1. The van der Waals surface area contributed by atoms with Crippen LogP contribution in [0.5, 0.6) is 0 Å². The first kappa shape index (κ1) is 17.1.